The number of sulfonamides is 1. The van der Waals surface area contributed by atoms with Crippen LogP contribution in [0.25, 0.3) is 10.8 Å². The summed E-state index contributed by atoms with van der Waals surface area (Å²) in [6.07, 6.45) is 1.45. The van der Waals surface area contributed by atoms with Crippen LogP contribution in [0.1, 0.15) is 16.1 Å². The number of carbonyl (C=O) groups is 2. The van der Waals surface area contributed by atoms with Gasteiger partial charge < -0.3 is 14.5 Å². The first-order valence-electron chi connectivity index (χ1n) is 9.99. The molecule has 1 heterocycles. The van der Waals surface area contributed by atoms with Crippen molar-refractivity contribution in [3.8, 4) is 0 Å². The minimum atomic E-state index is -3.78. The van der Waals surface area contributed by atoms with E-state index >= 15 is 0 Å². The second kappa shape index (κ2) is 9.68. The fraction of sp³-hybridized carbons (Fsp3) is 0.0833. The Bertz CT molecular complexity index is 1380. The lowest BCUT2D eigenvalue weighted by atomic mass is 10.1. The average molecular weight is 464 g/mol. The molecule has 0 saturated heterocycles. The molecule has 0 aliphatic heterocycles. The zero-order chi connectivity index (χ0) is 23.3. The number of esters is 1. The van der Waals surface area contributed by atoms with E-state index < -0.39 is 28.5 Å². The van der Waals surface area contributed by atoms with Gasteiger partial charge in [-0.3, -0.25) is 4.79 Å². The lowest BCUT2D eigenvalue weighted by Gasteiger charge is -2.10. The molecule has 4 aromatic rings. The topological polar surface area (TPSA) is 115 Å². The molecule has 0 fully saturated rings. The fourth-order valence-electron chi connectivity index (χ4n) is 3.17. The third-order valence-corrected chi connectivity index (χ3v) is 6.23. The summed E-state index contributed by atoms with van der Waals surface area (Å²) in [5.41, 5.74) is 0.740. The highest BCUT2D eigenvalue weighted by molar-refractivity contribution is 7.89. The number of fused-ring (bicyclic) bond motifs is 1. The third kappa shape index (κ3) is 5.46. The van der Waals surface area contributed by atoms with Crippen LogP contribution in [0.5, 0.6) is 0 Å². The number of furan rings is 1. The monoisotopic (exact) mass is 464 g/mol. The largest absolute Gasteiger partial charge is 0.468 e. The highest BCUT2D eigenvalue weighted by Crippen LogP contribution is 2.22. The highest BCUT2D eigenvalue weighted by atomic mass is 32.2. The van der Waals surface area contributed by atoms with Crippen molar-refractivity contribution in [2.45, 2.75) is 11.4 Å². The molecule has 1 amide bonds. The molecule has 4 rings (SSSR count). The molecule has 0 aliphatic carbocycles. The van der Waals surface area contributed by atoms with Gasteiger partial charge in [-0.15, -0.1) is 0 Å². The maximum Gasteiger partial charge on any atom is 0.338 e. The molecule has 3 aromatic carbocycles. The lowest BCUT2D eigenvalue weighted by Crippen LogP contribution is -2.23. The third-order valence-electron chi connectivity index (χ3n) is 4.81. The molecule has 33 heavy (non-hydrogen) atoms. The summed E-state index contributed by atoms with van der Waals surface area (Å²) in [6.45, 7) is -0.474. The molecule has 0 atom stereocenters. The molecule has 168 valence electrons. The van der Waals surface area contributed by atoms with Crippen LogP contribution in [0.2, 0.25) is 0 Å². The number of rotatable bonds is 8. The first kappa shape index (κ1) is 22.3. The summed E-state index contributed by atoms with van der Waals surface area (Å²) >= 11 is 0. The minimum absolute atomic E-state index is 0.00490. The summed E-state index contributed by atoms with van der Waals surface area (Å²) in [7, 11) is -3.78. The van der Waals surface area contributed by atoms with Crippen molar-refractivity contribution in [3.05, 3.63) is 96.4 Å². The van der Waals surface area contributed by atoms with Gasteiger partial charge in [0.1, 0.15) is 5.76 Å². The fourth-order valence-corrected chi connectivity index (χ4v) is 4.16. The van der Waals surface area contributed by atoms with Crippen LogP contribution in [-0.4, -0.2) is 26.9 Å². The Morgan fingerprint density at radius 3 is 2.39 bits per heavy atom. The van der Waals surface area contributed by atoms with Crippen LogP contribution in [0, 0.1) is 0 Å². The number of hydrogen-bond acceptors (Lipinski definition) is 6. The minimum Gasteiger partial charge on any atom is -0.468 e. The molecule has 8 nitrogen and oxygen atoms in total. The van der Waals surface area contributed by atoms with E-state index in [4.69, 9.17) is 9.15 Å². The lowest BCUT2D eigenvalue weighted by molar-refractivity contribution is -0.119. The SMILES string of the molecule is O=C(COC(=O)c1ccc(S(=O)(=O)NCc2ccco2)cc1)Nc1cccc2ccccc12. The van der Waals surface area contributed by atoms with Crippen molar-refractivity contribution in [3.63, 3.8) is 0 Å². The number of benzene rings is 3. The van der Waals surface area contributed by atoms with E-state index in [2.05, 4.69) is 10.0 Å². The van der Waals surface area contributed by atoms with E-state index in [1.807, 2.05) is 36.4 Å². The first-order valence-corrected chi connectivity index (χ1v) is 11.5. The van der Waals surface area contributed by atoms with E-state index in [0.29, 0.717) is 11.4 Å². The van der Waals surface area contributed by atoms with Gasteiger partial charge in [0.15, 0.2) is 6.61 Å². The molecule has 0 aliphatic rings. The van der Waals surface area contributed by atoms with Crippen molar-refractivity contribution < 1.29 is 27.2 Å². The predicted octanol–water partition coefficient (Wildman–Crippen LogP) is 3.71. The maximum atomic E-state index is 12.4. The Morgan fingerprint density at radius 2 is 1.64 bits per heavy atom. The normalized spacial score (nSPS) is 11.3. The number of ether oxygens (including phenoxy) is 1. The van der Waals surface area contributed by atoms with Gasteiger partial charge in [0, 0.05) is 11.1 Å². The van der Waals surface area contributed by atoms with Gasteiger partial charge >= 0.3 is 5.97 Å². The molecule has 2 N–H and O–H groups in total. The molecular weight excluding hydrogens is 444 g/mol. The van der Waals surface area contributed by atoms with Crippen molar-refractivity contribution in [2.75, 3.05) is 11.9 Å². The van der Waals surface area contributed by atoms with Gasteiger partial charge in [0.05, 0.1) is 23.3 Å². The van der Waals surface area contributed by atoms with Crippen molar-refractivity contribution in [2.24, 2.45) is 0 Å². The summed E-state index contributed by atoms with van der Waals surface area (Å²) < 4.78 is 37.3. The summed E-state index contributed by atoms with van der Waals surface area (Å²) in [5, 5.41) is 4.58. The van der Waals surface area contributed by atoms with Gasteiger partial charge in [0.25, 0.3) is 5.91 Å². The van der Waals surface area contributed by atoms with E-state index in [0.717, 1.165) is 10.8 Å². The zero-order valence-corrected chi connectivity index (χ0v) is 18.2. The van der Waals surface area contributed by atoms with Crippen LogP contribution in [0.4, 0.5) is 5.69 Å². The smallest absolute Gasteiger partial charge is 0.338 e. The van der Waals surface area contributed by atoms with Gasteiger partial charge in [0.2, 0.25) is 10.0 Å². The molecule has 1 aromatic heterocycles. The molecule has 0 bridgehead atoms. The number of amides is 1. The second-order valence-corrected chi connectivity index (χ2v) is 8.85. The standard InChI is InChI=1S/C24H20N2O6S/c27-23(26-22-9-3-6-17-5-1-2-8-21(17)22)16-32-24(28)18-10-12-20(13-11-18)33(29,30)25-15-19-7-4-14-31-19/h1-14,25H,15-16H2,(H,26,27). The van der Waals surface area contributed by atoms with Gasteiger partial charge in [-0.05, 0) is 47.9 Å². The molecule has 0 spiro atoms. The van der Waals surface area contributed by atoms with Crippen molar-refractivity contribution in [1.29, 1.82) is 0 Å². The first-order chi connectivity index (χ1) is 15.9. The summed E-state index contributed by atoms with van der Waals surface area (Å²) in [6, 6.07) is 21.6. The number of anilines is 1. The average Bonchev–Trinajstić information content (AvgIpc) is 3.36. The van der Waals surface area contributed by atoms with Crippen LogP contribution in [-0.2, 0) is 26.1 Å². The van der Waals surface area contributed by atoms with Gasteiger partial charge in [-0.2, -0.15) is 0 Å². The molecular formula is C24H20N2O6S. The van der Waals surface area contributed by atoms with Gasteiger partial charge in [-0.1, -0.05) is 36.4 Å². The number of carbonyl (C=O) groups excluding carboxylic acids is 2. The molecule has 0 saturated carbocycles. The summed E-state index contributed by atoms with van der Waals surface area (Å²) in [5.74, 6) is -0.753. The van der Waals surface area contributed by atoms with Crippen LogP contribution < -0.4 is 10.0 Å². The quantitative estimate of drug-likeness (QED) is 0.384. The van der Waals surface area contributed by atoms with Crippen molar-refractivity contribution >= 4 is 38.4 Å². The van der Waals surface area contributed by atoms with E-state index in [9.17, 15) is 18.0 Å². The Morgan fingerprint density at radius 1 is 0.879 bits per heavy atom. The predicted molar refractivity (Wildman–Crippen MR) is 122 cm³/mol. The van der Waals surface area contributed by atoms with E-state index in [-0.39, 0.29) is 17.0 Å². The molecule has 0 radical (unpaired) electrons. The Kier molecular flexibility index (Phi) is 6.53. The number of nitrogens with one attached hydrogen (secondary N) is 2. The Labute approximate surface area is 190 Å². The molecule has 9 heteroatoms. The maximum absolute atomic E-state index is 12.4. The van der Waals surface area contributed by atoms with E-state index in [1.165, 1.54) is 30.5 Å². The van der Waals surface area contributed by atoms with Crippen LogP contribution >= 0.6 is 0 Å². The summed E-state index contributed by atoms with van der Waals surface area (Å²) in [4.78, 5) is 24.5. The van der Waals surface area contributed by atoms with Crippen LogP contribution in [0.3, 0.4) is 0 Å². The molecule has 0 unspecified atom stereocenters. The zero-order valence-electron chi connectivity index (χ0n) is 17.4. The second-order valence-electron chi connectivity index (χ2n) is 7.08. The van der Waals surface area contributed by atoms with Gasteiger partial charge in [-0.25, -0.2) is 17.9 Å². The van der Waals surface area contributed by atoms with E-state index in [1.54, 1.807) is 18.2 Å². The number of hydrogen-bond donors (Lipinski definition) is 2. The Balaban J connectivity index is 1.33. The Hall–Kier alpha value is -3.95. The van der Waals surface area contributed by atoms with Crippen molar-refractivity contribution in [1.82, 2.24) is 4.72 Å². The van der Waals surface area contributed by atoms with Crippen LogP contribution in [0.15, 0.2) is 94.4 Å². The highest BCUT2D eigenvalue weighted by Gasteiger charge is 2.16.